The molecule has 0 aromatic heterocycles. The Morgan fingerprint density at radius 1 is 1.26 bits per heavy atom. The van der Waals surface area contributed by atoms with Crippen LogP contribution in [0.2, 0.25) is 0 Å². The molecule has 19 heavy (non-hydrogen) atoms. The highest BCUT2D eigenvalue weighted by atomic mass is 16.5. The Hall–Kier alpha value is -1.06. The Morgan fingerprint density at radius 2 is 2.00 bits per heavy atom. The topological polar surface area (TPSA) is 41.5 Å². The van der Waals surface area contributed by atoms with E-state index in [0.717, 1.165) is 25.1 Å². The van der Waals surface area contributed by atoms with E-state index >= 15 is 0 Å². The number of benzene rings is 1. The lowest BCUT2D eigenvalue weighted by Crippen LogP contribution is -2.33. The molecule has 0 aliphatic heterocycles. The first-order valence-electron chi connectivity index (χ1n) is 7.28. The Bertz CT molecular complexity index is 354. The molecule has 2 N–H and O–H groups in total. The van der Waals surface area contributed by atoms with Gasteiger partial charge < -0.3 is 15.2 Å². The monoisotopic (exact) mass is 265 g/mol. The van der Waals surface area contributed by atoms with Gasteiger partial charge in [0.25, 0.3) is 0 Å². The van der Waals surface area contributed by atoms with E-state index in [1.165, 1.54) is 5.56 Å². The smallest absolute Gasteiger partial charge is 0.122 e. The highest BCUT2D eigenvalue weighted by Crippen LogP contribution is 2.28. The quantitative estimate of drug-likeness (QED) is 0.721. The van der Waals surface area contributed by atoms with Crippen LogP contribution in [-0.2, 0) is 0 Å². The summed E-state index contributed by atoms with van der Waals surface area (Å²) in [4.78, 5) is 0. The predicted octanol–water partition coefficient (Wildman–Crippen LogP) is 2.94. The van der Waals surface area contributed by atoms with Gasteiger partial charge in [-0.3, -0.25) is 0 Å². The van der Waals surface area contributed by atoms with Crippen LogP contribution in [0, 0.1) is 0 Å². The van der Waals surface area contributed by atoms with Crippen LogP contribution in [0.3, 0.4) is 0 Å². The van der Waals surface area contributed by atoms with Crippen LogP contribution in [-0.4, -0.2) is 30.9 Å². The van der Waals surface area contributed by atoms with E-state index in [0.29, 0.717) is 12.5 Å². The van der Waals surface area contributed by atoms with Gasteiger partial charge in [0, 0.05) is 6.04 Å². The van der Waals surface area contributed by atoms with Gasteiger partial charge in [-0.1, -0.05) is 39.0 Å². The lowest BCUT2D eigenvalue weighted by atomic mass is 9.98. The molecule has 0 heterocycles. The van der Waals surface area contributed by atoms with E-state index in [2.05, 4.69) is 31.3 Å². The van der Waals surface area contributed by atoms with Gasteiger partial charge in [-0.15, -0.1) is 0 Å². The first-order valence-corrected chi connectivity index (χ1v) is 7.28. The van der Waals surface area contributed by atoms with Gasteiger partial charge in [-0.25, -0.2) is 0 Å². The molecule has 0 radical (unpaired) electrons. The summed E-state index contributed by atoms with van der Waals surface area (Å²) < 4.78 is 5.89. The molecule has 1 rings (SSSR count). The van der Waals surface area contributed by atoms with E-state index in [1.54, 1.807) is 0 Å². The van der Waals surface area contributed by atoms with Crippen molar-refractivity contribution in [3.8, 4) is 5.75 Å². The van der Waals surface area contributed by atoms with E-state index in [4.69, 9.17) is 4.74 Å². The van der Waals surface area contributed by atoms with Crippen molar-refractivity contribution < 1.29 is 9.84 Å². The molecule has 0 aliphatic rings. The first kappa shape index (κ1) is 16.0. The molecule has 2 atom stereocenters. The van der Waals surface area contributed by atoms with Gasteiger partial charge in [-0.2, -0.15) is 0 Å². The molecule has 0 spiro atoms. The SMILES string of the molecule is CCNC(CO)CCOc1ccccc1C(C)CC. The Kier molecular flexibility index (Phi) is 7.53. The van der Waals surface area contributed by atoms with Crippen LogP contribution in [0.15, 0.2) is 24.3 Å². The van der Waals surface area contributed by atoms with Gasteiger partial charge >= 0.3 is 0 Å². The fourth-order valence-corrected chi connectivity index (χ4v) is 2.10. The van der Waals surface area contributed by atoms with E-state index in [-0.39, 0.29) is 12.6 Å². The molecule has 0 fully saturated rings. The molecule has 3 heteroatoms. The van der Waals surface area contributed by atoms with E-state index < -0.39 is 0 Å². The number of likely N-dealkylation sites (N-methyl/N-ethyl adjacent to an activating group) is 1. The van der Waals surface area contributed by atoms with E-state index in [1.807, 2.05) is 19.1 Å². The minimum absolute atomic E-state index is 0.126. The average molecular weight is 265 g/mol. The highest BCUT2D eigenvalue weighted by molar-refractivity contribution is 5.35. The van der Waals surface area contributed by atoms with Crippen molar-refractivity contribution in [1.82, 2.24) is 5.32 Å². The third kappa shape index (κ3) is 5.21. The Morgan fingerprint density at radius 3 is 2.63 bits per heavy atom. The number of aliphatic hydroxyl groups is 1. The van der Waals surface area contributed by atoms with Crippen molar-refractivity contribution >= 4 is 0 Å². The molecule has 0 bridgehead atoms. The lowest BCUT2D eigenvalue weighted by Gasteiger charge is -2.18. The van der Waals surface area contributed by atoms with Crippen molar-refractivity contribution in [2.45, 2.75) is 45.6 Å². The number of nitrogens with one attached hydrogen (secondary N) is 1. The molecular formula is C16H27NO2. The number of ether oxygens (including phenoxy) is 1. The molecule has 2 unspecified atom stereocenters. The summed E-state index contributed by atoms with van der Waals surface area (Å²) in [6.07, 6.45) is 1.93. The third-order valence-electron chi connectivity index (χ3n) is 3.50. The zero-order valence-corrected chi connectivity index (χ0v) is 12.4. The van der Waals surface area contributed by atoms with Crippen molar-refractivity contribution in [2.24, 2.45) is 0 Å². The number of para-hydroxylation sites is 1. The summed E-state index contributed by atoms with van der Waals surface area (Å²) in [7, 11) is 0. The van der Waals surface area contributed by atoms with Crippen molar-refractivity contribution in [3.05, 3.63) is 29.8 Å². The number of aliphatic hydroxyl groups excluding tert-OH is 1. The molecule has 3 nitrogen and oxygen atoms in total. The molecule has 1 aromatic carbocycles. The normalized spacial score (nSPS) is 14.1. The third-order valence-corrected chi connectivity index (χ3v) is 3.50. The second kappa shape index (κ2) is 8.94. The number of hydrogen-bond donors (Lipinski definition) is 2. The molecular weight excluding hydrogens is 238 g/mol. The van der Waals surface area contributed by atoms with Crippen LogP contribution in [0.4, 0.5) is 0 Å². The molecule has 0 saturated heterocycles. The second-order valence-electron chi connectivity index (χ2n) is 4.92. The van der Waals surface area contributed by atoms with Gasteiger partial charge in [0.15, 0.2) is 0 Å². The second-order valence-corrected chi connectivity index (χ2v) is 4.92. The molecule has 0 amide bonds. The zero-order chi connectivity index (χ0) is 14.1. The summed E-state index contributed by atoms with van der Waals surface area (Å²) in [6.45, 7) is 8.11. The standard InChI is InChI=1S/C16H27NO2/c1-4-13(3)15-8-6-7-9-16(15)19-11-10-14(12-18)17-5-2/h6-9,13-14,17-18H,4-5,10-12H2,1-3H3. The van der Waals surface area contributed by atoms with Crippen molar-refractivity contribution in [1.29, 1.82) is 0 Å². The fourth-order valence-electron chi connectivity index (χ4n) is 2.10. The van der Waals surface area contributed by atoms with Crippen molar-refractivity contribution in [2.75, 3.05) is 19.8 Å². The maximum atomic E-state index is 9.22. The summed E-state index contributed by atoms with van der Waals surface area (Å²) in [5, 5.41) is 12.5. The van der Waals surface area contributed by atoms with Crippen LogP contribution < -0.4 is 10.1 Å². The molecule has 0 saturated carbocycles. The van der Waals surface area contributed by atoms with Gasteiger partial charge in [0.2, 0.25) is 0 Å². The van der Waals surface area contributed by atoms with Crippen LogP contribution in [0.5, 0.6) is 5.75 Å². The number of hydrogen-bond acceptors (Lipinski definition) is 3. The zero-order valence-electron chi connectivity index (χ0n) is 12.4. The first-order chi connectivity index (χ1) is 9.22. The van der Waals surface area contributed by atoms with Gasteiger partial charge in [-0.05, 0) is 36.9 Å². The minimum atomic E-state index is 0.126. The van der Waals surface area contributed by atoms with Gasteiger partial charge in [0.1, 0.15) is 5.75 Å². The largest absolute Gasteiger partial charge is 0.493 e. The van der Waals surface area contributed by atoms with Crippen LogP contribution in [0.25, 0.3) is 0 Å². The lowest BCUT2D eigenvalue weighted by molar-refractivity contribution is 0.209. The van der Waals surface area contributed by atoms with E-state index in [9.17, 15) is 5.11 Å². The molecule has 108 valence electrons. The maximum Gasteiger partial charge on any atom is 0.122 e. The fraction of sp³-hybridized carbons (Fsp3) is 0.625. The Balaban J connectivity index is 2.53. The summed E-state index contributed by atoms with van der Waals surface area (Å²) in [5.74, 6) is 1.49. The maximum absolute atomic E-state index is 9.22. The minimum Gasteiger partial charge on any atom is -0.493 e. The highest BCUT2D eigenvalue weighted by Gasteiger charge is 2.10. The Labute approximate surface area is 117 Å². The summed E-state index contributed by atoms with van der Waals surface area (Å²) in [6, 6.07) is 8.36. The molecule has 1 aromatic rings. The summed E-state index contributed by atoms with van der Waals surface area (Å²) >= 11 is 0. The average Bonchev–Trinajstić information content (AvgIpc) is 2.46. The summed E-state index contributed by atoms with van der Waals surface area (Å²) in [5.41, 5.74) is 1.27. The van der Waals surface area contributed by atoms with Gasteiger partial charge in [0.05, 0.1) is 13.2 Å². The predicted molar refractivity (Wildman–Crippen MR) is 79.8 cm³/mol. The van der Waals surface area contributed by atoms with Crippen molar-refractivity contribution in [3.63, 3.8) is 0 Å². The van der Waals surface area contributed by atoms with Crippen LogP contribution in [0.1, 0.15) is 45.1 Å². The number of rotatable bonds is 9. The van der Waals surface area contributed by atoms with Crippen LogP contribution >= 0.6 is 0 Å². The molecule has 0 aliphatic carbocycles.